The van der Waals surface area contributed by atoms with Crippen molar-refractivity contribution >= 4 is 48.0 Å². The Morgan fingerprint density at radius 1 is 1.43 bits per heavy atom. The molecule has 0 aromatic carbocycles. The quantitative estimate of drug-likeness (QED) is 0.720. The first kappa shape index (κ1) is 15.8. The SMILES string of the molecule is CNCCN.I.I. The molecule has 0 atom stereocenters. The highest BCUT2D eigenvalue weighted by Gasteiger charge is 1.64. The van der Waals surface area contributed by atoms with Gasteiger partial charge in [0.05, 0.1) is 0 Å². The Morgan fingerprint density at radius 2 is 1.86 bits per heavy atom. The molecule has 0 aliphatic rings. The summed E-state index contributed by atoms with van der Waals surface area (Å²) >= 11 is 0. The Labute approximate surface area is 78.6 Å². The van der Waals surface area contributed by atoms with E-state index in [2.05, 4.69) is 5.32 Å². The minimum absolute atomic E-state index is 0. The van der Waals surface area contributed by atoms with Crippen molar-refractivity contribution in [1.29, 1.82) is 0 Å². The number of rotatable bonds is 2. The molecule has 0 aliphatic carbocycles. The molecule has 7 heavy (non-hydrogen) atoms. The highest BCUT2D eigenvalue weighted by atomic mass is 127. The van der Waals surface area contributed by atoms with Crippen molar-refractivity contribution in [3.05, 3.63) is 0 Å². The number of nitrogens with two attached hydrogens (primary N) is 1. The molecule has 2 nitrogen and oxygen atoms in total. The van der Waals surface area contributed by atoms with Gasteiger partial charge in [0.2, 0.25) is 0 Å². The molecule has 0 heterocycles. The molecule has 4 heteroatoms. The minimum Gasteiger partial charge on any atom is -0.329 e. The second-order valence-electron chi connectivity index (χ2n) is 0.892. The van der Waals surface area contributed by atoms with E-state index in [0.717, 1.165) is 13.1 Å². The molecular weight excluding hydrogens is 318 g/mol. The maximum atomic E-state index is 5.08. The van der Waals surface area contributed by atoms with E-state index >= 15 is 0 Å². The van der Waals surface area contributed by atoms with Crippen molar-refractivity contribution < 1.29 is 0 Å². The lowest BCUT2D eigenvalue weighted by molar-refractivity contribution is 0.802. The summed E-state index contributed by atoms with van der Waals surface area (Å²) in [7, 11) is 1.88. The van der Waals surface area contributed by atoms with Gasteiger partial charge < -0.3 is 11.1 Å². The van der Waals surface area contributed by atoms with Gasteiger partial charge in [-0.3, -0.25) is 0 Å². The molecule has 0 spiro atoms. The third-order valence-electron chi connectivity index (χ3n) is 0.394. The maximum absolute atomic E-state index is 5.08. The van der Waals surface area contributed by atoms with Gasteiger partial charge in [-0.1, -0.05) is 0 Å². The average molecular weight is 330 g/mol. The Balaban J connectivity index is -0.0000000800. The number of likely N-dealkylation sites (N-methyl/N-ethyl adjacent to an activating group) is 1. The summed E-state index contributed by atoms with van der Waals surface area (Å²) in [6, 6.07) is 0. The minimum atomic E-state index is 0. The zero-order valence-electron chi connectivity index (χ0n) is 4.31. The van der Waals surface area contributed by atoms with Crippen molar-refractivity contribution in [2.45, 2.75) is 0 Å². The van der Waals surface area contributed by atoms with E-state index in [1.165, 1.54) is 0 Å². The Morgan fingerprint density at radius 3 is 1.86 bits per heavy atom. The van der Waals surface area contributed by atoms with Crippen LogP contribution in [0.2, 0.25) is 0 Å². The summed E-state index contributed by atoms with van der Waals surface area (Å²) in [4.78, 5) is 0. The molecule has 0 unspecified atom stereocenters. The van der Waals surface area contributed by atoms with Gasteiger partial charge in [0.1, 0.15) is 0 Å². The Hall–Kier alpha value is 1.38. The second kappa shape index (κ2) is 15.7. The van der Waals surface area contributed by atoms with Gasteiger partial charge in [-0.2, -0.15) is 0 Å². The van der Waals surface area contributed by atoms with Crippen LogP contribution in [0.25, 0.3) is 0 Å². The van der Waals surface area contributed by atoms with Crippen LogP contribution in [0, 0.1) is 0 Å². The van der Waals surface area contributed by atoms with Crippen molar-refractivity contribution in [2.75, 3.05) is 20.1 Å². The molecule has 48 valence electrons. The van der Waals surface area contributed by atoms with E-state index in [1.807, 2.05) is 7.05 Å². The first-order chi connectivity index (χ1) is 2.41. The molecule has 0 bridgehead atoms. The van der Waals surface area contributed by atoms with Gasteiger partial charge >= 0.3 is 0 Å². The molecule has 0 saturated carbocycles. The molecule has 0 radical (unpaired) electrons. The normalized spacial score (nSPS) is 6.00. The van der Waals surface area contributed by atoms with E-state index in [1.54, 1.807) is 0 Å². The van der Waals surface area contributed by atoms with E-state index in [4.69, 9.17) is 5.73 Å². The first-order valence-electron chi connectivity index (χ1n) is 1.76. The zero-order valence-corrected chi connectivity index (χ0v) is 8.97. The Bertz CT molecular complexity index is 18.4. The maximum Gasteiger partial charge on any atom is 0.00714 e. The van der Waals surface area contributed by atoms with Crippen molar-refractivity contribution in [3.8, 4) is 0 Å². The van der Waals surface area contributed by atoms with E-state index in [9.17, 15) is 0 Å². The Kier molecular flexibility index (Phi) is 35.3. The summed E-state index contributed by atoms with van der Waals surface area (Å²) in [6.45, 7) is 1.65. The largest absolute Gasteiger partial charge is 0.329 e. The summed E-state index contributed by atoms with van der Waals surface area (Å²) in [5, 5.41) is 2.89. The molecule has 0 rings (SSSR count). The van der Waals surface area contributed by atoms with Crippen LogP contribution < -0.4 is 11.1 Å². The molecule has 3 N–H and O–H groups in total. The second-order valence-corrected chi connectivity index (χ2v) is 0.892. The lowest BCUT2D eigenvalue weighted by Crippen LogP contribution is -2.17. The fraction of sp³-hybridized carbons (Fsp3) is 1.00. The van der Waals surface area contributed by atoms with Crippen molar-refractivity contribution in [2.24, 2.45) is 5.73 Å². The number of hydrogen-bond donors (Lipinski definition) is 2. The fourth-order valence-corrected chi connectivity index (χ4v) is 0.144. The van der Waals surface area contributed by atoms with Crippen LogP contribution in [0.4, 0.5) is 0 Å². The smallest absolute Gasteiger partial charge is 0.00714 e. The summed E-state index contributed by atoms with van der Waals surface area (Å²) in [6.07, 6.45) is 0. The van der Waals surface area contributed by atoms with Crippen molar-refractivity contribution in [1.82, 2.24) is 5.32 Å². The van der Waals surface area contributed by atoms with Crippen molar-refractivity contribution in [3.63, 3.8) is 0 Å². The van der Waals surface area contributed by atoms with Gasteiger partial charge in [-0.05, 0) is 7.05 Å². The van der Waals surface area contributed by atoms with Crippen LogP contribution in [-0.2, 0) is 0 Å². The van der Waals surface area contributed by atoms with Gasteiger partial charge in [-0.15, -0.1) is 48.0 Å². The van der Waals surface area contributed by atoms with E-state index < -0.39 is 0 Å². The highest BCUT2D eigenvalue weighted by Crippen LogP contribution is 1.37. The standard InChI is InChI=1S/C3H10N2.2HI/c1-5-3-2-4;;/h5H,2-4H2,1H3;2*1H. The van der Waals surface area contributed by atoms with Gasteiger partial charge in [0.15, 0.2) is 0 Å². The van der Waals surface area contributed by atoms with Crippen LogP contribution in [0.5, 0.6) is 0 Å². The molecule has 0 aromatic rings. The van der Waals surface area contributed by atoms with Crippen LogP contribution >= 0.6 is 48.0 Å². The molecule has 0 fully saturated rings. The monoisotopic (exact) mass is 330 g/mol. The average Bonchev–Trinajstić information content (AvgIpc) is 1.41. The molecular formula is C3H12I2N2. The molecule has 0 amide bonds. The number of halogens is 2. The van der Waals surface area contributed by atoms with Gasteiger partial charge in [0.25, 0.3) is 0 Å². The first-order valence-corrected chi connectivity index (χ1v) is 1.76. The van der Waals surface area contributed by atoms with E-state index in [0.29, 0.717) is 0 Å². The molecule has 0 aromatic heterocycles. The van der Waals surface area contributed by atoms with Gasteiger partial charge in [0, 0.05) is 13.1 Å². The lowest BCUT2D eigenvalue weighted by Gasteiger charge is -1.85. The number of nitrogens with one attached hydrogen (secondary N) is 1. The molecule has 0 saturated heterocycles. The van der Waals surface area contributed by atoms with E-state index in [-0.39, 0.29) is 48.0 Å². The lowest BCUT2D eigenvalue weighted by atomic mass is 10.7. The highest BCUT2D eigenvalue weighted by molar-refractivity contribution is 14.0. The summed E-state index contributed by atoms with van der Waals surface area (Å²) < 4.78 is 0. The predicted octanol–water partition coefficient (Wildman–Crippen LogP) is 0.400. The topological polar surface area (TPSA) is 38.0 Å². The summed E-state index contributed by atoms with van der Waals surface area (Å²) in [5.74, 6) is 0. The third-order valence-corrected chi connectivity index (χ3v) is 0.394. The third kappa shape index (κ3) is 18.7. The fourth-order valence-electron chi connectivity index (χ4n) is 0.144. The van der Waals surface area contributed by atoms with Crippen LogP contribution in [0.3, 0.4) is 0 Å². The molecule has 0 aliphatic heterocycles. The predicted molar refractivity (Wildman–Crippen MR) is 53.8 cm³/mol. The van der Waals surface area contributed by atoms with Crippen LogP contribution in [0.1, 0.15) is 0 Å². The number of hydrogen-bond acceptors (Lipinski definition) is 2. The van der Waals surface area contributed by atoms with Gasteiger partial charge in [-0.25, -0.2) is 0 Å². The zero-order chi connectivity index (χ0) is 4.12. The van der Waals surface area contributed by atoms with Crippen LogP contribution in [0.15, 0.2) is 0 Å². The van der Waals surface area contributed by atoms with Crippen LogP contribution in [-0.4, -0.2) is 20.1 Å². The summed E-state index contributed by atoms with van der Waals surface area (Å²) in [5.41, 5.74) is 5.08.